The van der Waals surface area contributed by atoms with Crippen molar-refractivity contribution in [2.75, 3.05) is 19.8 Å². The molecule has 0 spiro atoms. The zero-order valence-electron chi connectivity index (χ0n) is 14.2. The van der Waals surface area contributed by atoms with Crippen LogP contribution in [0.4, 0.5) is 0 Å². The molecule has 6 nitrogen and oxygen atoms in total. The highest BCUT2D eigenvalue weighted by Gasteiger charge is 2.66. The summed E-state index contributed by atoms with van der Waals surface area (Å²) < 4.78 is 15.3. The first-order valence-electron chi connectivity index (χ1n) is 8.42. The summed E-state index contributed by atoms with van der Waals surface area (Å²) in [5, 5.41) is 0. The summed E-state index contributed by atoms with van der Waals surface area (Å²) >= 11 is 0. The van der Waals surface area contributed by atoms with Gasteiger partial charge in [-0.25, -0.2) is 9.59 Å². The van der Waals surface area contributed by atoms with Crippen LogP contribution in [0.3, 0.4) is 0 Å². The zero-order chi connectivity index (χ0) is 17.4. The SMILES string of the molecule is CCOC(=O)C1=C(C(=O)OCC)C2CC1C1C(=CCOC(C)=O)C21. The second kappa shape index (κ2) is 6.42. The fraction of sp³-hybridized carbons (Fsp3) is 0.611. The largest absolute Gasteiger partial charge is 0.463 e. The lowest BCUT2D eigenvalue weighted by molar-refractivity contribution is -0.142. The quantitative estimate of drug-likeness (QED) is 0.419. The number of allylic oxidation sites excluding steroid dienone is 1. The minimum Gasteiger partial charge on any atom is -0.463 e. The third-order valence-electron chi connectivity index (χ3n) is 5.05. The minimum atomic E-state index is -0.405. The number of carbonyl (C=O) groups is 3. The van der Waals surface area contributed by atoms with E-state index >= 15 is 0 Å². The Bertz CT molecular complexity index is 602. The Labute approximate surface area is 140 Å². The van der Waals surface area contributed by atoms with Gasteiger partial charge in [0.25, 0.3) is 0 Å². The van der Waals surface area contributed by atoms with Crippen LogP contribution in [0, 0.1) is 23.7 Å². The Morgan fingerprint density at radius 2 is 1.46 bits per heavy atom. The first-order valence-corrected chi connectivity index (χ1v) is 8.42. The molecule has 2 saturated carbocycles. The van der Waals surface area contributed by atoms with E-state index in [0.29, 0.717) is 11.1 Å². The van der Waals surface area contributed by atoms with Crippen LogP contribution in [0.25, 0.3) is 0 Å². The van der Waals surface area contributed by atoms with Crippen molar-refractivity contribution in [3.8, 4) is 0 Å². The second-order valence-corrected chi connectivity index (χ2v) is 6.28. The van der Waals surface area contributed by atoms with E-state index in [9.17, 15) is 14.4 Å². The highest BCUT2D eigenvalue weighted by Crippen LogP contribution is 2.70. The zero-order valence-corrected chi connectivity index (χ0v) is 14.2. The van der Waals surface area contributed by atoms with Crippen LogP contribution < -0.4 is 0 Å². The van der Waals surface area contributed by atoms with Gasteiger partial charge in [0.1, 0.15) is 6.61 Å². The van der Waals surface area contributed by atoms with E-state index < -0.39 is 11.9 Å². The number of esters is 3. The molecule has 0 radical (unpaired) electrons. The maximum Gasteiger partial charge on any atom is 0.334 e. The van der Waals surface area contributed by atoms with Gasteiger partial charge in [-0.1, -0.05) is 5.57 Å². The summed E-state index contributed by atoms with van der Waals surface area (Å²) in [6.45, 7) is 5.66. The number of ether oxygens (including phenoxy) is 3. The smallest absolute Gasteiger partial charge is 0.334 e. The van der Waals surface area contributed by atoms with E-state index in [1.807, 2.05) is 6.08 Å². The molecule has 0 aromatic heterocycles. The van der Waals surface area contributed by atoms with Crippen molar-refractivity contribution in [3.05, 3.63) is 22.8 Å². The molecule has 0 heterocycles. The molecule has 130 valence electrons. The summed E-state index contributed by atoms with van der Waals surface area (Å²) in [6, 6.07) is 0. The topological polar surface area (TPSA) is 78.9 Å². The van der Waals surface area contributed by atoms with Crippen LogP contribution in [0.2, 0.25) is 0 Å². The molecule has 0 amide bonds. The van der Waals surface area contributed by atoms with E-state index in [1.165, 1.54) is 12.5 Å². The van der Waals surface area contributed by atoms with Crippen LogP contribution in [0.1, 0.15) is 27.2 Å². The predicted octanol–water partition coefficient (Wildman–Crippen LogP) is 1.79. The van der Waals surface area contributed by atoms with Gasteiger partial charge in [-0.05, 0) is 50.0 Å². The Balaban J connectivity index is 1.83. The van der Waals surface area contributed by atoms with E-state index in [1.54, 1.807) is 13.8 Å². The molecular weight excluding hydrogens is 312 g/mol. The molecule has 0 saturated heterocycles. The van der Waals surface area contributed by atoms with Crippen molar-refractivity contribution in [2.45, 2.75) is 27.2 Å². The minimum absolute atomic E-state index is 0.0158. The summed E-state index contributed by atoms with van der Waals surface area (Å²) in [7, 11) is 0. The number of hydrogen-bond donors (Lipinski definition) is 0. The van der Waals surface area contributed by atoms with Crippen molar-refractivity contribution >= 4 is 17.9 Å². The van der Waals surface area contributed by atoms with Gasteiger partial charge >= 0.3 is 17.9 Å². The Hall–Kier alpha value is -2.11. The molecule has 4 atom stereocenters. The molecule has 0 aromatic rings. The van der Waals surface area contributed by atoms with Crippen LogP contribution >= 0.6 is 0 Å². The van der Waals surface area contributed by atoms with Crippen LogP contribution in [0.15, 0.2) is 22.8 Å². The summed E-state index contributed by atoms with van der Waals surface area (Å²) in [4.78, 5) is 35.6. The molecule has 0 aromatic carbocycles. The third-order valence-corrected chi connectivity index (χ3v) is 5.05. The second-order valence-electron chi connectivity index (χ2n) is 6.28. The highest BCUT2D eigenvalue weighted by molar-refractivity contribution is 6.03. The normalized spacial score (nSPS) is 29.2. The lowest BCUT2D eigenvalue weighted by Crippen LogP contribution is -2.22. The Kier molecular flexibility index (Phi) is 4.47. The van der Waals surface area contributed by atoms with Gasteiger partial charge in [0.05, 0.1) is 24.4 Å². The highest BCUT2D eigenvalue weighted by atomic mass is 16.5. The average molecular weight is 334 g/mol. The maximum atomic E-state index is 12.4. The van der Waals surface area contributed by atoms with Crippen molar-refractivity contribution < 1.29 is 28.6 Å². The fourth-order valence-corrected chi connectivity index (χ4v) is 4.32. The van der Waals surface area contributed by atoms with E-state index in [-0.39, 0.29) is 49.5 Å². The third kappa shape index (κ3) is 2.64. The lowest BCUT2D eigenvalue weighted by Gasteiger charge is -2.16. The van der Waals surface area contributed by atoms with Crippen molar-refractivity contribution in [1.82, 2.24) is 0 Å². The number of hydrogen-bond acceptors (Lipinski definition) is 6. The van der Waals surface area contributed by atoms with Crippen LogP contribution in [-0.2, 0) is 28.6 Å². The Morgan fingerprint density at radius 3 is 1.88 bits per heavy atom. The first kappa shape index (κ1) is 16.7. The van der Waals surface area contributed by atoms with Gasteiger partial charge in [0.2, 0.25) is 0 Å². The number of rotatable bonds is 6. The van der Waals surface area contributed by atoms with Gasteiger partial charge in [-0.2, -0.15) is 0 Å². The maximum absolute atomic E-state index is 12.4. The van der Waals surface area contributed by atoms with E-state index in [4.69, 9.17) is 14.2 Å². The van der Waals surface area contributed by atoms with E-state index in [0.717, 1.165) is 6.42 Å². The van der Waals surface area contributed by atoms with Crippen molar-refractivity contribution in [1.29, 1.82) is 0 Å². The summed E-state index contributed by atoms with van der Waals surface area (Å²) in [6.07, 6.45) is 2.70. The molecular formula is C18H22O6. The van der Waals surface area contributed by atoms with Gasteiger partial charge in [-0.15, -0.1) is 0 Å². The molecule has 0 N–H and O–H groups in total. The number of carbonyl (C=O) groups excluding carboxylic acids is 3. The summed E-state index contributed by atoms with van der Waals surface area (Å²) in [5.74, 6) is -0.566. The standard InChI is InChI=1S/C18H22O6/c1-4-22-17(20)15-11-8-12(16(15)18(21)23-5-2)14-10(13(11)14)6-7-24-9(3)19/h6,11-14H,4-5,7-8H2,1-3H3. The van der Waals surface area contributed by atoms with Crippen molar-refractivity contribution in [3.63, 3.8) is 0 Å². The Morgan fingerprint density at radius 1 is 0.958 bits per heavy atom. The van der Waals surface area contributed by atoms with Gasteiger partial charge in [-0.3, -0.25) is 4.79 Å². The average Bonchev–Trinajstić information content (AvgIpc) is 2.94. The molecule has 6 heteroatoms. The molecule has 4 unspecified atom stereocenters. The molecule has 3 rings (SSSR count). The molecule has 3 aliphatic rings. The first-order chi connectivity index (χ1) is 11.5. The predicted molar refractivity (Wildman–Crippen MR) is 83.6 cm³/mol. The van der Waals surface area contributed by atoms with Crippen molar-refractivity contribution in [2.24, 2.45) is 23.7 Å². The van der Waals surface area contributed by atoms with Gasteiger partial charge in [0.15, 0.2) is 0 Å². The fourth-order valence-electron chi connectivity index (χ4n) is 4.32. The van der Waals surface area contributed by atoms with E-state index in [2.05, 4.69) is 0 Å². The van der Waals surface area contributed by atoms with Crippen LogP contribution in [-0.4, -0.2) is 37.7 Å². The summed E-state index contributed by atoms with van der Waals surface area (Å²) in [5.41, 5.74) is 2.17. The van der Waals surface area contributed by atoms with Gasteiger partial charge in [0, 0.05) is 6.92 Å². The monoisotopic (exact) mass is 334 g/mol. The molecule has 2 bridgehead atoms. The van der Waals surface area contributed by atoms with Crippen LogP contribution in [0.5, 0.6) is 0 Å². The van der Waals surface area contributed by atoms with Gasteiger partial charge < -0.3 is 14.2 Å². The molecule has 0 aliphatic heterocycles. The molecule has 3 aliphatic carbocycles. The lowest BCUT2D eigenvalue weighted by atomic mass is 9.92. The molecule has 2 fully saturated rings. The number of fused-ring (bicyclic) bond motifs is 5. The molecule has 24 heavy (non-hydrogen) atoms.